The second-order valence-corrected chi connectivity index (χ2v) is 6.13. The van der Waals surface area contributed by atoms with Gasteiger partial charge in [0.05, 0.1) is 5.69 Å². The maximum Gasteiger partial charge on any atom is 0.274 e. The van der Waals surface area contributed by atoms with E-state index in [2.05, 4.69) is 22.4 Å². The molecule has 0 saturated carbocycles. The van der Waals surface area contributed by atoms with Crippen molar-refractivity contribution in [3.8, 4) is 0 Å². The van der Waals surface area contributed by atoms with Crippen molar-refractivity contribution in [3.63, 3.8) is 0 Å². The highest BCUT2D eigenvalue weighted by atomic mass is 19.2. The molecule has 1 aliphatic rings. The smallest absolute Gasteiger partial charge is 0.274 e. The first kappa shape index (κ1) is 17.2. The van der Waals surface area contributed by atoms with Crippen molar-refractivity contribution in [2.75, 3.05) is 18.4 Å². The minimum Gasteiger partial charge on any atom is -0.337 e. The number of rotatable bonds is 3. The van der Waals surface area contributed by atoms with E-state index in [9.17, 15) is 18.0 Å². The Morgan fingerprint density at radius 2 is 1.80 bits per heavy atom. The first-order valence-electron chi connectivity index (χ1n) is 7.99. The topological polar surface area (TPSA) is 58.1 Å². The maximum absolute atomic E-state index is 13.6. The molecule has 1 aliphatic heterocycles. The van der Waals surface area contributed by atoms with E-state index in [1.165, 1.54) is 12.1 Å². The van der Waals surface area contributed by atoms with Crippen molar-refractivity contribution in [1.82, 2.24) is 15.1 Å². The van der Waals surface area contributed by atoms with Crippen molar-refractivity contribution in [2.45, 2.75) is 19.8 Å². The number of hydrogen-bond donors (Lipinski definition) is 1. The molecule has 1 aromatic carbocycles. The highest BCUT2D eigenvalue weighted by Gasteiger charge is 2.22. The molecule has 2 aromatic rings. The van der Waals surface area contributed by atoms with Gasteiger partial charge in [0.25, 0.3) is 5.91 Å². The van der Waals surface area contributed by atoms with E-state index >= 15 is 0 Å². The number of likely N-dealkylation sites (tertiary alicyclic amines) is 1. The van der Waals surface area contributed by atoms with Crippen molar-refractivity contribution >= 4 is 17.4 Å². The lowest BCUT2D eigenvalue weighted by molar-refractivity contribution is 0.0690. The molecule has 1 N–H and O–H groups in total. The number of amides is 1. The van der Waals surface area contributed by atoms with E-state index in [-0.39, 0.29) is 23.1 Å². The molecular weight excluding hydrogens is 333 g/mol. The van der Waals surface area contributed by atoms with Gasteiger partial charge in [-0.2, -0.15) is 0 Å². The Labute approximate surface area is 142 Å². The predicted octanol–water partition coefficient (Wildman–Crippen LogP) is 3.51. The van der Waals surface area contributed by atoms with E-state index < -0.39 is 17.5 Å². The summed E-state index contributed by atoms with van der Waals surface area (Å²) in [6, 6.07) is 4.77. The van der Waals surface area contributed by atoms with Crippen LogP contribution in [0.4, 0.5) is 24.7 Å². The van der Waals surface area contributed by atoms with Crippen LogP contribution in [0.2, 0.25) is 0 Å². The fourth-order valence-corrected chi connectivity index (χ4v) is 2.65. The Balaban J connectivity index is 1.70. The summed E-state index contributed by atoms with van der Waals surface area (Å²) in [4.78, 5) is 14.1. The molecule has 0 aliphatic carbocycles. The average Bonchev–Trinajstić information content (AvgIpc) is 2.63. The number of halogens is 3. The second-order valence-electron chi connectivity index (χ2n) is 6.13. The van der Waals surface area contributed by atoms with Gasteiger partial charge in [-0.05, 0) is 43.0 Å². The van der Waals surface area contributed by atoms with Crippen molar-refractivity contribution < 1.29 is 18.0 Å². The van der Waals surface area contributed by atoms with Crippen molar-refractivity contribution in [2.24, 2.45) is 5.92 Å². The first-order chi connectivity index (χ1) is 12.0. The first-order valence-corrected chi connectivity index (χ1v) is 7.99. The molecule has 8 heteroatoms. The second kappa shape index (κ2) is 7.08. The Morgan fingerprint density at radius 1 is 1.08 bits per heavy atom. The molecular formula is C17H17F3N4O. The minimum atomic E-state index is -1.57. The van der Waals surface area contributed by atoms with Gasteiger partial charge in [-0.25, -0.2) is 13.2 Å². The molecule has 1 saturated heterocycles. The van der Waals surface area contributed by atoms with Crippen LogP contribution in [0, 0.1) is 23.4 Å². The number of anilines is 2. The molecule has 5 nitrogen and oxygen atoms in total. The molecule has 132 valence electrons. The highest BCUT2D eigenvalue weighted by molar-refractivity contribution is 5.92. The molecule has 0 radical (unpaired) electrons. The molecule has 1 aromatic heterocycles. The predicted molar refractivity (Wildman–Crippen MR) is 85.9 cm³/mol. The Bertz CT molecular complexity index is 774. The van der Waals surface area contributed by atoms with Crippen LogP contribution in [0.25, 0.3) is 0 Å². The molecule has 25 heavy (non-hydrogen) atoms. The molecule has 2 heterocycles. The van der Waals surface area contributed by atoms with Crippen LogP contribution >= 0.6 is 0 Å². The lowest BCUT2D eigenvalue weighted by Crippen LogP contribution is -2.38. The highest BCUT2D eigenvalue weighted by Crippen LogP contribution is 2.23. The zero-order chi connectivity index (χ0) is 18.0. The number of piperidine rings is 1. The zero-order valence-electron chi connectivity index (χ0n) is 13.6. The van der Waals surface area contributed by atoms with Gasteiger partial charge >= 0.3 is 0 Å². The number of aromatic nitrogens is 2. The van der Waals surface area contributed by atoms with Crippen LogP contribution in [0.3, 0.4) is 0 Å². The maximum atomic E-state index is 13.6. The molecule has 0 bridgehead atoms. The SMILES string of the molecule is CC1CCN(C(=O)c2ccc(Nc3ccc(F)c(F)c3F)nn2)CC1. The van der Waals surface area contributed by atoms with Gasteiger partial charge in [0.1, 0.15) is 0 Å². The minimum absolute atomic E-state index is 0.119. The number of carbonyl (C=O) groups excluding carboxylic acids is 1. The average molecular weight is 350 g/mol. The van der Waals surface area contributed by atoms with Crippen LogP contribution in [0.1, 0.15) is 30.3 Å². The van der Waals surface area contributed by atoms with Crippen LogP contribution in [-0.2, 0) is 0 Å². The third kappa shape index (κ3) is 3.72. The van der Waals surface area contributed by atoms with Crippen LogP contribution in [-0.4, -0.2) is 34.1 Å². The lowest BCUT2D eigenvalue weighted by Gasteiger charge is -2.29. The fourth-order valence-electron chi connectivity index (χ4n) is 2.65. The molecule has 0 unspecified atom stereocenters. The summed E-state index contributed by atoms with van der Waals surface area (Å²) in [6.07, 6.45) is 1.91. The molecule has 1 amide bonds. The third-order valence-electron chi connectivity index (χ3n) is 4.25. The number of nitrogens with zero attached hydrogens (tertiary/aromatic N) is 3. The zero-order valence-corrected chi connectivity index (χ0v) is 13.6. The van der Waals surface area contributed by atoms with Crippen molar-refractivity contribution in [1.29, 1.82) is 0 Å². The number of hydrogen-bond acceptors (Lipinski definition) is 4. The van der Waals surface area contributed by atoms with E-state index in [0.717, 1.165) is 25.0 Å². The standard InChI is InChI=1S/C17H17F3N4O/c1-10-6-8-24(9-7-10)17(25)13-4-5-14(23-22-13)21-12-3-2-11(18)15(19)16(12)20/h2-5,10H,6-9H2,1H3,(H,21,23). The number of nitrogens with one attached hydrogen (secondary N) is 1. The van der Waals surface area contributed by atoms with Gasteiger partial charge in [-0.15, -0.1) is 10.2 Å². The van der Waals surface area contributed by atoms with E-state index in [1.807, 2.05) is 0 Å². The van der Waals surface area contributed by atoms with E-state index in [4.69, 9.17) is 0 Å². The van der Waals surface area contributed by atoms with Crippen LogP contribution in [0.5, 0.6) is 0 Å². The molecule has 0 atom stereocenters. The molecule has 0 spiro atoms. The number of benzene rings is 1. The summed E-state index contributed by atoms with van der Waals surface area (Å²) >= 11 is 0. The lowest BCUT2D eigenvalue weighted by atomic mass is 9.99. The Morgan fingerprint density at radius 3 is 2.44 bits per heavy atom. The van der Waals surface area contributed by atoms with Gasteiger partial charge < -0.3 is 10.2 Å². The van der Waals surface area contributed by atoms with Gasteiger partial charge in [-0.3, -0.25) is 4.79 Å². The van der Waals surface area contributed by atoms with Gasteiger partial charge in [0.2, 0.25) is 0 Å². The summed E-state index contributed by atoms with van der Waals surface area (Å²) in [5.41, 5.74) is -0.0804. The Kier molecular flexibility index (Phi) is 4.87. The summed E-state index contributed by atoms with van der Waals surface area (Å²) in [5.74, 6) is -3.66. The summed E-state index contributed by atoms with van der Waals surface area (Å²) < 4.78 is 39.8. The summed E-state index contributed by atoms with van der Waals surface area (Å²) in [6.45, 7) is 3.52. The van der Waals surface area contributed by atoms with Crippen LogP contribution in [0.15, 0.2) is 24.3 Å². The van der Waals surface area contributed by atoms with E-state index in [1.54, 1.807) is 4.90 Å². The largest absolute Gasteiger partial charge is 0.337 e. The normalized spacial score (nSPS) is 15.3. The monoisotopic (exact) mass is 350 g/mol. The van der Waals surface area contributed by atoms with E-state index in [0.29, 0.717) is 19.0 Å². The van der Waals surface area contributed by atoms with Gasteiger partial charge in [-0.1, -0.05) is 6.92 Å². The Hall–Kier alpha value is -2.64. The quantitative estimate of drug-likeness (QED) is 0.861. The van der Waals surface area contributed by atoms with Crippen molar-refractivity contribution in [3.05, 3.63) is 47.4 Å². The summed E-state index contributed by atoms with van der Waals surface area (Å²) in [7, 11) is 0. The van der Waals surface area contributed by atoms with Gasteiger partial charge in [0.15, 0.2) is 29.0 Å². The third-order valence-corrected chi connectivity index (χ3v) is 4.25. The molecule has 1 fully saturated rings. The number of carbonyl (C=O) groups is 1. The summed E-state index contributed by atoms with van der Waals surface area (Å²) in [5, 5.41) is 10.2. The molecule has 3 rings (SSSR count). The fraction of sp³-hybridized carbons (Fsp3) is 0.353. The van der Waals surface area contributed by atoms with Gasteiger partial charge in [0, 0.05) is 13.1 Å². The van der Waals surface area contributed by atoms with Crippen LogP contribution < -0.4 is 5.32 Å².